The Labute approximate surface area is 126 Å². The third-order valence-corrected chi connectivity index (χ3v) is 4.24. The quantitative estimate of drug-likeness (QED) is 0.724. The molecule has 0 bridgehead atoms. The molecule has 0 spiro atoms. The van der Waals surface area contributed by atoms with Crippen LogP contribution in [-0.2, 0) is 9.53 Å². The molecule has 1 fully saturated rings. The average molecular weight is 300 g/mol. The first kappa shape index (κ1) is 17.8. The molecule has 0 aliphatic heterocycles. The summed E-state index contributed by atoms with van der Waals surface area (Å²) in [5, 5.41) is 14.6. The molecule has 3 N–H and O–H groups in total. The summed E-state index contributed by atoms with van der Waals surface area (Å²) in [6.07, 6.45) is 0.882. The van der Waals surface area contributed by atoms with Gasteiger partial charge in [0.25, 0.3) is 0 Å². The van der Waals surface area contributed by atoms with Crippen LogP contribution < -0.4 is 10.6 Å². The second-order valence-corrected chi connectivity index (χ2v) is 7.31. The van der Waals surface area contributed by atoms with Gasteiger partial charge in [0.15, 0.2) is 0 Å². The number of hydrogen-bond acceptors (Lipinski definition) is 3. The highest BCUT2D eigenvalue weighted by molar-refractivity contribution is 5.83. The standard InChI is InChI=1S/C15H28N2O4/c1-7-21-10-8-9(15(10,5)6)16-13(20)17-11(12(18)19)14(2,3)4/h9-11H,7-8H2,1-6H3,(H,18,19)(H2,16,17,20)/t9?,10?,11-/m1/s1. The number of amides is 2. The molecule has 21 heavy (non-hydrogen) atoms. The third kappa shape index (κ3) is 4.09. The highest BCUT2D eigenvalue weighted by atomic mass is 16.5. The number of nitrogens with one attached hydrogen (secondary N) is 2. The monoisotopic (exact) mass is 300 g/mol. The van der Waals surface area contributed by atoms with Crippen LogP contribution >= 0.6 is 0 Å². The van der Waals surface area contributed by atoms with E-state index >= 15 is 0 Å². The maximum Gasteiger partial charge on any atom is 0.326 e. The van der Waals surface area contributed by atoms with Gasteiger partial charge in [-0.15, -0.1) is 0 Å². The molecule has 2 amide bonds. The summed E-state index contributed by atoms with van der Waals surface area (Å²) in [7, 11) is 0. The van der Waals surface area contributed by atoms with Crippen molar-refractivity contribution in [2.75, 3.05) is 6.61 Å². The predicted octanol–water partition coefficient (Wildman–Crippen LogP) is 1.99. The van der Waals surface area contributed by atoms with Gasteiger partial charge < -0.3 is 20.5 Å². The summed E-state index contributed by atoms with van der Waals surface area (Å²) in [6, 6.07) is -1.38. The fourth-order valence-electron chi connectivity index (χ4n) is 2.59. The van der Waals surface area contributed by atoms with E-state index < -0.39 is 23.5 Å². The second kappa shape index (κ2) is 6.22. The summed E-state index contributed by atoms with van der Waals surface area (Å²) in [5.41, 5.74) is -0.694. The number of aliphatic carboxylic acids is 1. The lowest BCUT2D eigenvalue weighted by Gasteiger charge is -2.51. The van der Waals surface area contributed by atoms with Gasteiger partial charge in [-0.2, -0.15) is 0 Å². The number of carbonyl (C=O) groups excluding carboxylic acids is 1. The molecule has 0 aromatic rings. The van der Waals surface area contributed by atoms with Gasteiger partial charge in [-0.25, -0.2) is 9.59 Å². The van der Waals surface area contributed by atoms with Crippen LogP contribution in [0.4, 0.5) is 4.79 Å². The zero-order valence-electron chi connectivity index (χ0n) is 13.8. The van der Waals surface area contributed by atoms with Gasteiger partial charge in [-0.05, 0) is 18.8 Å². The third-order valence-electron chi connectivity index (χ3n) is 4.24. The van der Waals surface area contributed by atoms with Crippen LogP contribution in [0.25, 0.3) is 0 Å². The van der Waals surface area contributed by atoms with Gasteiger partial charge >= 0.3 is 12.0 Å². The number of urea groups is 1. The molecule has 1 rings (SSSR count). The second-order valence-electron chi connectivity index (χ2n) is 7.31. The first-order valence-electron chi connectivity index (χ1n) is 7.41. The summed E-state index contributed by atoms with van der Waals surface area (Å²) < 4.78 is 5.61. The largest absolute Gasteiger partial charge is 0.480 e. The van der Waals surface area contributed by atoms with Crippen molar-refractivity contribution in [3.63, 3.8) is 0 Å². The fourth-order valence-corrected chi connectivity index (χ4v) is 2.59. The van der Waals surface area contributed by atoms with Crippen LogP contribution in [0.3, 0.4) is 0 Å². The minimum absolute atomic E-state index is 0.0107. The predicted molar refractivity (Wildman–Crippen MR) is 80.1 cm³/mol. The highest BCUT2D eigenvalue weighted by Gasteiger charge is 2.49. The highest BCUT2D eigenvalue weighted by Crippen LogP contribution is 2.42. The zero-order chi connectivity index (χ0) is 16.4. The van der Waals surface area contributed by atoms with E-state index in [-0.39, 0.29) is 17.6 Å². The van der Waals surface area contributed by atoms with Crippen molar-refractivity contribution in [1.29, 1.82) is 0 Å². The first-order valence-corrected chi connectivity index (χ1v) is 7.41. The van der Waals surface area contributed by atoms with Crippen LogP contribution in [0.5, 0.6) is 0 Å². The number of hydrogen-bond donors (Lipinski definition) is 3. The van der Waals surface area contributed by atoms with Gasteiger partial charge in [0.05, 0.1) is 6.10 Å². The molecule has 6 nitrogen and oxygen atoms in total. The molecule has 0 saturated heterocycles. The van der Waals surface area contributed by atoms with Gasteiger partial charge in [-0.3, -0.25) is 0 Å². The summed E-state index contributed by atoms with van der Waals surface area (Å²) in [4.78, 5) is 23.3. The van der Waals surface area contributed by atoms with Crippen LogP contribution in [0, 0.1) is 10.8 Å². The van der Waals surface area contributed by atoms with Gasteiger partial charge in [0.2, 0.25) is 0 Å². The van der Waals surface area contributed by atoms with Crippen molar-refractivity contribution in [1.82, 2.24) is 10.6 Å². The van der Waals surface area contributed by atoms with Gasteiger partial charge in [0.1, 0.15) is 6.04 Å². The molecule has 0 aromatic heterocycles. The van der Waals surface area contributed by atoms with E-state index in [1.165, 1.54) is 0 Å². The molecule has 3 atom stereocenters. The smallest absolute Gasteiger partial charge is 0.326 e. The number of carboxylic acids is 1. The Morgan fingerprint density at radius 3 is 2.33 bits per heavy atom. The van der Waals surface area contributed by atoms with Crippen molar-refractivity contribution in [2.24, 2.45) is 10.8 Å². The molecule has 1 saturated carbocycles. The Hall–Kier alpha value is -1.30. The Kier molecular flexibility index (Phi) is 5.25. The normalized spacial score (nSPS) is 25.6. The maximum atomic E-state index is 12.0. The lowest BCUT2D eigenvalue weighted by Crippen LogP contribution is -2.64. The van der Waals surface area contributed by atoms with Crippen molar-refractivity contribution < 1.29 is 19.4 Å². The van der Waals surface area contributed by atoms with E-state index in [1.54, 1.807) is 20.8 Å². The molecule has 0 aromatic carbocycles. The number of rotatable bonds is 5. The lowest BCUT2D eigenvalue weighted by molar-refractivity contribution is -0.142. The van der Waals surface area contributed by atoms with Crippen molar-refractivity contribution in [3.05, 3.63) is 0 Å². The Bertz CT molecular complexity index is 401. The fraction of sp³-hybridized carbons (Fsp3) is 0.867. The Morgan fingerprint density at radius 1 is 1.38 bits per heavy atom. The number of carbonyl (C=O) groups is 2. The summed E-state index contributed by atoms with van der Waals surface area (Å²) >= 11 is 0. The molecule has 1 aliphatic carbocycles. The molecular formula is C15H28N2O4. The SMILES string of the molecule is CCOC1CC(NC(=O)N[C@H](C(=O)O)C(C)(C)C)C1(C)C. The lowest BCUT2D eigenvalue weighted by atomic mass is 9.64. The first-order chi connectivity index (χ1) is 9.50. The number of carboxylic acid groups (broad SMARTS) is 1. The van der Waals surface area contributed by atoms with Crippen molar-refractivity contribution >= 4 is 12.0 Å². The van der Waals surface area contributed by atoms with Crippen LogP contribution in [0.2, 0.25) is 0 Å². The van der Waals surface area contributed by atoms with Crippen LogP contribution in [-0.4, -0.2) is 41.9 Å². The van der Waals surface area contributed by atoms with Crippen molar-refractivity contribution in [3.8, 4) is 0 Å². The summed E-state index contributed by atoms with van der Waals surface area (Å²) in [5.74, 6) is -1.03. The molecule has 2 unspecified atom stereocenters. The van der Waals surface area contributed by atoms with E-state index in [9.17, 15) is 14.7 Å². The minimum atomic E-state index is -1.03. The maximum absolute atomic E-state index is 12.0. The van der Waals surface area contributed by atoms with E-state index in [0.717, 1.165) is 6.42 Å². The molecular weight excluding hydrogens is 272 g/mol. The van der Waals surface area contributed by atoms with E-state index in [2.05, 4.69) is 10.6 Å². The average Bonchev–Trinajstić information content (AvgIpc) is 2.33. The molecule has 1 aliphatic rings. The number of ether oxygens (including phenoxy) is 1. The summed E-state index contributed by atoms with van der Waals surface area (Å²) in [6.45, 7) is 12.0. The minimum Gasteiger partial charge on any atom is -0.480 e. The molecule has 6 heteroatoms. The molecule has 0 radical (unpaired) electrons. The Balaban J connectivity index is 2.57. The van der Waals surface area contributed by atoms with E-state index in [4.69, 9.17) is 4.74 Å². The van der Waals surface area contributed by atoms with Gasteiger partial charge in [-0.1, -0.05) is 34.6 Å². The van der Waals surface area contributed by atoms with Crippen LogP contribution in [0.15, 0.2) is 0 Å². The van der Waals surface area contributed by atoms with Gasteiger partial charge in [0, 0.05) is 18.1 Å². The molecule has 122 valence electrons. The van der Waals surface area contributed by atoms with Crippen LogP contribution in [0.1, 0.15) is 48.0 Å². The topological polar surface area (TPSA) is 87.7 Å². The Morgan fingerprint density at radius 2 is 1.95 bits per heavy atom. The molecule has 0 heterocycles. The van der Waals surface area contributed by atoms with E-state index in [0.29, 0.717) is 6.61 Å². The van der Waals surface area contributed by atoms with E-state index in [1.807, 2.05) is 20.8 Å². The van der Waals surface area contributed by atoms with Crippen molar-refractivity contribution in [2.45, 2.75) is 66.2 Å². The zero-order valence-corrected chi connectivity index (χ0v) is 13.8.